The van der Waals surface area contributed by atoms with Crippen LogP contribution in [0, 0.1) is 0 Å². The van der Waals surface area contributed by atoms with Gasteiger partial charge in [-0.15, -0.1) is 0 Å². The Labute approximate surface area is 113 Å². The van der Waals surface area contributed by atoms with Crippen LogP contribution in [0.1, 0.15) is 31.9 Å². The number of rotatable bonds is 7. The van der Waals surface area contributed by atoms with Crippen molar-refractivity contribution in [1.82, 2.24) is 0 Å². The third-order valence-corrected chi connectivity index (χ3v) is 2.57. The van der Waals surface area contributed by atoms with E-state index in [0.29, 0.717) is 17.9 Å². The molecule has 1 aromatic carbocycles. The highest BCUT2D eigenvalue weighted by molar-refractivity contribution is 5.76. The van der Waals surface area contributed by atoms with Gasteiger partial charge in [0.15, 0.2) is 0 Å². The molecule has 2 unspecified atom stereocenters. The lowest BCUT2D eigenvalue weighted by Crippen LogP contribution is -2.38. The van der Waals surface area contributed by atoms with Gasteiger partial charge in [-0.05, 0) is 31.0 Å². The average molecular weight is 267 g/mol. The smallest absolute Gasteiger partial charge is 0.325 e. The lowest BCUT2D eigenvalue weighted by Gasteiger charge is -2.18. The standard InChI is InChI=1S/C14H21NO4/c1-3-8-19-11-7-5-6-10(9-11)13(16)12(15)14(17)18-4-2/h5-7,9,12-13,16H,3-4,8,15H2,1-2H3. The molecule has 106 valence electrons. The summed E-state index contributed by atoms with van der Waals surface area (Å²) in [6.07, 6.45) is -0.209. The first kappa shape index (κ1) is 15.5. The maximum Gasteiger partial charge on any atom is 0.325 e. The third kappa shape index (κ3) is 4.54. The molecule has 5 nitrogen and oxygen atoms in total. The van der Waals surface area contributed by atoms with Crippen molar-refractivity contribution in [2.75, 3.05) is 13.2 Å². The third-order valence-electron chi connectivity index (χ3n) is 2.57. The van der Waals surface area contributed by atoms with E-state index in [0.717, 1.165) is 6.42 Å². The number of hydrogen-bond acceptors (Lipinski definition) is 5. The second kappa shape index (κ2) is 7.76. The normalized spacial score (nSPS) is 13.7. The van der Waals surface area contributed by atoms with Gasteiger partial charge < -0.3 is 20.3 Å². The Morgan fingerprint density at radius 3 is 2.79 bits per heavy atom. The van der Waals surface area contributed by atoms with Crippen LogP contribution in [0.2, 0.25) is 0 Å². The van der Waals surface area contributed by atoms with Gasteiger partial charge in [-0.25, -0.2) is 0 Å². The second-order valence-corrected chi connectivity index (χ2v) is 4.14. The van der Waals surface area contributed by atoms with Crippen LogP contribution in [0.5, 0.6) is 5.75 Å². The Morgan fingerprint density at radius 1 is 1.42 bits per heavy atom. The summed E-state index contributed by atoms with van der Waals surface area (Å²) in [6, 6.07) is 5.83. The van der Waals surface area contributed by atoms with Crippen LogP contribution in [0.15, 0.2) is 24.3 Å². The predicted octanol–water partition coefficient (Wildman–Crippen LogP) is 1.40. The number of carbonyl (C=O) groups excluding carboxylic acids is 1. The van der Waals surface area contributed by atoms with Gasteiger partial charge in [0, 0.05) is 0 Å². The maximum atomic E-state index is 11.5. The van der Waals surface area contributed by atoms with Crippen LogP contribution in [0.3, 0.4) is 0 Å². The molecule has 1 rings (SSSR count). The topological polar surface area (TPSA) is 81.8 Å². The molecule has 0 aliphatic carbocycles. The molecular formula is C14H21NO4. The van der Waals surface area contributed by atoms with E-state index < -0.39 is 18.1 Å². The lowest BCUT2D eigenvalue weighted by atomic mass is 10.0. The Balaban J connectivity index is 2.75. The van der Waals surface area contributed by atoms with Crippen LogP contribution in [-0.2, 0) is 9.53 Å². The van der Waals surface area contributed by atoms with E-state index in [9.17, 15) is 9.90 Å². The fraction of sp³-hybridized carbons (Fsp3) is 0.500. The molecule has 3 N–H and O–H groups in total. The van der Waals surface area contributed by atoms with Crippen LogP contribution in [0.25, 0.3) is 0 Å². The molecule has 0 bridgehead atoms. The molecule has 0 radical (unpaired) electrons. The summed E-state index contributed by atoms with van der Waals surface area (Å²) in [7, 11) is 0. The molecule has 0 fully saturated rings. The Kier molecular flexibility index (Phi) is 6.32. The van der Waals surface area contributed by atoms with E-state index in [1.807, 2.05) is 6.92 Å². The van der Waals surface area contributed by atoms with Crippen molar-refractivity contribution in [2.45, 2.75) is 32.4 Å². The summed E-state index contributed by atoms with van der Waals surface area (Å²) < 4.78 is 10.3. The largest absolute Gasteiger partial charge is 0.494 e. The molecule has 19 heavy (non-hydrogen) atoms. The summed E-state index contributed by atoms with van der Waals surface area (Å²) >= 11 is 0. The molecule has 0 aromatic heterocycles. The Morgan fingerprint density at radius 2 is 2.16 bits per heavy atom. The molecule has 5 heteroatoms. The molecule has 0 aliphatic rings. The highest BCUT2D eigenvalue weighted by Crippen LogP contribution is 2.21. The van der Waals surface area contributed by atoms with Crippen molar-refractivity contribution in [3.63, 3.8) is 0 Å². The number of aliphatic hydroxyl groups excluding tert-OH is 1. The van der Waals surface area contributed by atoms with Crippen molar-refractivity contribution in [2.24, 2.45) is 5.73 Å². The van der Waals surface area contributed by atoms with E-state index in [1.54, 1.807) is 31.2 Å². The first-order valence-electron chi connectivity index (χ1n) is 6.43. The molecule has 2 atom stereocenters. The summed E-state index contributed by atoms with van der Waals surface area (Å²) in [5.41, 5.74) is 6.20. The monoisotopic (exact) mass is 267 g/mol. The summed E-state index contributed by atoms with van der Waals surface area (Å²) in [5.74, 6) is 0.0318. The molecule has 0 aliphatic heterocycles. The lowest BCUT2D eigenvalue weighted by molar-refractivity contribution is -0.147. The first-order valence-corrected chi connectivity index (χ1v) is 6.43. The van der Waals surface area contributed by atoms with E-state index >= 15 is 0 Å². The zero-order valence-corrected chi connectivity index (χ0v) is 11.3. The Bertz CT molecular complexity index is 408. The zero-order valence-electron chi connectivity index (χ0n) is 11.3. The zero-order chi connectivity index (χ0) is 14.3. The van der Waals surface area contributed by atoms with Gasteiger partial charge in [0.2, 0.25) is 0 Å². The number of esters is 1. The van der Waals surface area contributed by atoms with E-state index in [1.165, 1.54) is 0 Å². The van der Waals surface area contributed by atoms with Crippen molar-refractivity contribution in [1.29, 1.82) is 0 Å². The quantitative estimate of drug-likeness (QED) is 0.730. The van der Waals surface area contributed by atoms with E-state index in [4.69, 9.17) is 15.2 Å². The summed E-state index contributed by atoms with van der Waals surface area (Å²) in [4.78, 5) is 11.5. The van der Waals surface area contributed by atoms with Gasteiger partial charge in [-0.3, -0.25) is 4.79 Å². The first-order chi connectivity index (χ1) is 9.10. The van der Waals surface area contributed by atoms with Crippen molar-refractivity contribution < 1.29 is 19.4 Å². The van der Waals surface area contributed by atoms with Gasteiger partial charge in [0.1, 0.15) is 17.9 Å². The number of benzene rings is 1. The number of carbonyl (C=O) groups is 1. The van der Waals surface area contributed by atoms with Crippen LogP contribution < -0.4 is 10.5 Å². The summed E-state index contributed by atoms with van der Waals surface area (Å²) in [6.45, 7) is 4.54. The predicted molar refractivity (Wildman–Crippen MR) is 71.8 cm³/mol. The number of aliphatic hydroxyl groups is 1. The van der Waals surface area contributed by atoms with Gasteiger partial charge in [0.25, 0.3) is 0 Å². The molecule has 0 amide bonds. The fourth-order valence-corrected chi connectivity index (χ4v) is 1.58. The maximum absolute atomic E-state index is 11.5. The van der Waals surface area contributed by atoms with Crippen LogP contribution >= 0.6 is 0 Å². The second-order valence-electron chi connectivity index (χ2n) is 4.14. The average Bonchev–Trinajstić information content (AvgIpc) is 2.44. The van der Waals surface area contributed by atoms with E-state index in [-0.39, 0.29) is 6.61 Å². The van der Waals surface area contributed by atoms with Gasteiger partial charge in [-0.1, -0.05) is 19.1 Å². The minimum atomic E-state index is -1.11. The fourth-order valence-electron chi connectivity index (χ4n) is 1.58. The van der Waals surface area contributed by atoms with Gasteiger partial charge in [-0.2, -0.15) is 0 Å². The van der Waals surface area contributed by atoms with E-state index in [2.05, 4.69) is 0 Å². The molecule has 0 spiro atoms. The SMILES string of the molecule is CCCOc1cccc(C(O)C(N)C(=O)OCC)c1. The van der Waals surface area contributed by atoms with Crippen LogP contribution in [-0.4, -0.2) is 30.3 Å². The van der Waals surface area contributed by atoms with Crippen molar-refractivity contribution in [3.05, 3.63) is 29.8 Å². The number of ether oxygens (including phenoxy) is 2. The van der Waals surface area contributed by atoms with Crippen molar-refractivity contribution in [3.8, 4) is 5.75 Å². The number of hydrogen-bond donors (Lipinski definition) is 2. The molecular weight excluding hydrogens is 246 g/mol. The minimum absolute atomic E-state index is 0.235. The highest BCUT2D eigenvalue weighted by Gasteiger charge is 2.25. The highest BCUT2D eigenvalue weighted by atomic mass is 16.5. The molecule has 1 aromatic rings. The number of nitrogens with two attached hydrogens (primary N) is 1. The van der Waals surface area contributed by atoms with Gasteiger partial charge >= 0.3 is 5.97 Å². The van der Waals surface area contributed by atoms with Crippen LogP contribution in [0.4, 0.5) is 0 Å². The van der Waals surface area contributed by atoms with Crippen molar-refractivity contribution >= 4 is 5.97 Å². The van der Waals surface area contributed by atoms with Gasteiger partial charge in [0.05, 0.1) is 13.2 Å². The Hall–Kier alpha value is -1.59. The molecule has 0 heterocycles. The summed E-state index contributed by atoms with van der Waals surface area (Å²) in [5, 5.41) is 10.1. The molecule has 0 saturated carbocycles. The minimum Gasteiger partial charge on any atom is -0.494 e. The molecule has 0 saturated heterocycles.